The number of aliphatic hydroxyl groups excluding tert-OH is 1. The van der Waals surface area contributed by atoms with E-state index in [0.29, 0.717) is 6.42 Å². The van der Waals surface area contributed by atoms with E-state index < -0.39 is 36.0 Å². The van der Waals surface area contributed by atoms with Crippen LogP contribution in [0.3, 0.4) is 0 Å². The first-order chi connectivity index (χ1) is 16.4. The Morgan fingerprint density at radius 1 is 1.03 bits per heavy atom. The maximum Gasteiger partial charge on any atom is 0.407 e. The van der Waals surface area contributed by atoms with Crippen LogP contribution in [0.25, 0.3) is 11.1 Å². The average Bonchev–Trinajstić information content (AvgIpc) is 3.44. The van der Waals surface area contributed by atoms with Crippen molar-refractivity contribution >= 4 is 18.0 Å². The zero-order valence-corrected chi connectivity index (χ0v) is 18.8. The minimum absolute atomic E-state index is 0.0600. The third kappa shape index (κ3) is 3.53. The third-order valence-corrected chi connectivity index (χ3v) is 7.94. The molecule has 0 bridgehead atoms. The highest BCUT2D eigenvalue weighted by Gasteiger charge is 2.73. The summed E-state index contributed by atoms with van der Waals surface area (Å²) < 4.78 is 5.59. The van der Waals surface area contributed by atoms with E-state index >= 15 is 0 Å². The van der Waals surface area contributed by atoms with Crippen molar-refractivity contribution in [1.82, 2.24) is 10.6 Å². The molecule has 3 aliphatic carbocycles. The number of carboxylic acid groups (broad SMARTS) is 1. The lowest BCUT2D eigenvalue weighted by Gasteiger charge is -2.33. The van der Waals surface area contributed by atoms with Crippen molar-refractivity contribution in [3.8, 4) is 11.1 Å². The second-order valence-electron chi connectivity index (χ2n) is 9.62. The van der Waals surface area contributed by atoms with Crippen molar-refractivity contribution in [2.75, 3.05) is 19.8 Å². The van der Waals surface area contributed by atoms with E-state index in [9.17, 15) is 24.6 Å². The van der Waals surface area contributed by atoms with Gasteiger partial charge in [0.25, 0.3) is 0 Å². The van der Waals surface area contributed by atoms with Crippen molar-refractivity contribution in [3.63, 3.8) is 0 Å². The Labute approximate surface area is 197 Å². The van der Waals surface area contributed by atoms with Gasteiger partial charge in [0.15, 0.2) is 0 Å². The number of carbonyl (C=O) groups excluding carboxylic acids is 2. The molecule has 8 nitrogen and oxygen atoms in total. The normalized spacial score (nSPS) is 22.1. The summed E-state index contributed by atoms with van der Waals surface area (Å²) in [4.78, 5) is 36.9. The lowest BCUT2D eigenvalue weighted by atomic mass is 9.74. The lowest BCUT2D eigenvalue weighted by molar-refractivity contribution is -0.144. The summed E-state index contributed by atoms with van der Waals surface area (Å²) in [5, 5.41) is 23.6. The monoisotopic (exact) mass is 464 g/mol. The fraction of sp³-hybridized carbons (Fsp3) is 0.423. The zero-order chi connectivity index (χ0) is 23.9. The molecular weight excluding hydrogens is 436 g/mol. The minimum Gasteiger partial charge on any atom is -0.480 e. The van der Waals surface area contributed by atoms with E-state index in [-0.39, 0.29) is 24.5 Å². The van der Waals surface area contributed by atoms with Crippen LogP contribution in [0.2, 0.25) is 0 Å². The second kappa shape index (κ2) is 8.43. The molecule has 2 aromatic carbocycles. The molecule has 1 spiro atoms. The maximum atomic E-state index is 13.0. The van der Waals surface area contributed by atoms with E-state index in [0.717, 1.165) is 41.5 Å². The molecule has 2 atom stereocenters. The van der Waals surface area contributed by atoms with Crippen LogP contribution in [0.1, 0.15) is 42.7 Å². The van der Waals surface area contributed by atoms with Gasteiger partial charge in [-0.2, -0.15) is 0 Å². The van der Waals surface area contributed by atoms with Gasteiger partial charge in [-0.3, -0.25) is 4.79 Å². The van der Waals surface area contributed by atoms with E-state index in [4.69, 9.17) is 4.74 Å². The van der Waals surface area contributed by atoms with E-state index in [2.05, 4.69) is 22.8 Å². The van der Waals surface area contributed by atoms with E-state index in [1.807, 2.05) is 36.4 Å². The van der Waals surface area contributed by atoms with Crippen molar-refractivity contribution in [2.24, 2.45) is 10.8 Å². The molecule has 178 valence electrons. The molecule has 4 N–H and O–H groups in total. The minimum atomic E-state index is -1.36. The highest BCUT2D eigenvalue weighted by molar-refractivity contribution is 5.91. The van der Waals surface area contributed by atoms with Crippen molar-refractivity contribution in [2.45, 2.75) is 37.6 Å². The van der Waals surface area contributed by atoms with Crippen LogP contribution in [0.5, 0.6) is 0 Å². The second-order valence-corrected chi connectivity index (χ2v) is 9.62. The summed E-state index contributed by atoms with van der Waals surface area (Å²) in [6.45, 7) is -0.437. The molecule has 8 heteroatoms. The molecule has 0 heterocycles. The van der Waals surface area contributed by atoms with Gasteiger partial charge in [0, 0.05) is 12.5 Å². The van der Waals surface area contributed by atoms with Crippen LogP contribution in [-0.4, -0.2) is 54.0 Å². The molecule has 3 aliphatic rings. The van der Waals surface area contributed by atoms with Gasteiger partial charge < -0.3 is 25.6 Å². The van der Waals surface area contributed by atoms with E-state index in [1.54, 1.807) is 0 Å². The molecule has 0 radical (unpaired) electrons. The SMILES string of the molecule is O=C(NCC1(C(=O)NC(CO)C(=O)O)CC12CCC2)OCC1c2ccccc2-c2ccccc21. The van der Waals surface area contributed by atoms with E-state index in [1.165, 1.54) is 0 Å². The number of aliphatic hydroxyl groups is 1. The number of alkyl carbamates (subject to hydrolysis) is 1. The van der Waals surface area contributed by atoms with Crippen LogP contribution < -0.4 is 10.6 Å². The summed E-state index contributed by atoms with van der Waals surface area (Å²) >= 11 is 0. The third-order valence-electron chi connectivity index (χ3n) is 7.94. The largest absolute Gasteiger partial charge is 0.480 e. The molecule has 2 saturated carbocycles. The van der Waals surface area contributed by atoms with Crippen LogP contribution in [0.15, 0.2) is 48.5 Å². The number of carbonyl (C=O) groups is 3. The molecule has 0 saturated heterocycles. The van der Waals surface area contributed by atoms with Crippen LogP contribution in [0.4, 0.5) is 4.79 Å². The van der Waals surface area contributed by atoms with Gasteiger partial charge in [-0.25, -0.2) is 9.59 Å². The number of nitrogens with one attached hydrogen (secondary N) is 2. The number of fused-ring (bicyclic) bond motifs is 3. The lowest BCUT2D eigenvalue weighted by Crippen LogP contribution is -2.51. The Morgan fingerprint density at radius 2 is 1.65 bits per heavy atom. The average molecular weight is 465 g/mol. The first-order valence-electron chi connectivity index (χ1n) is 11.6. The molecule has 5 rings (SSSR count). The molecule has 2 amide bonds. The molecule has 2 fully saturated rings. The van der Waals surface area contributed by atoms with Gasteiger partial charge in [-0.1, -0.05) is 55.0 Å². The number of rotatable bonds is 8. The van der Waals surface area contributed by atoms with Crippen LogP contribution in [-0.2, 0) is 14.3 Å². The summed E-state index contributed by atoms with van der Waals surface area (Å²) in [7, 11) is 0. The van der Waals surface area contributed by atoms with Crippen molar-refractivity contribution in [1.29, 1.82) is 0 Å². The Morgan fingerprint density at radius 3 is 2.15 bits per heavy atom. The van der Waals surface area contributed by atoms with Crippen LogP contribution in [0, 0.1) is 10.8 Å². The number of carboxylic acids is 1. The smallest absolute Gasteiger partial charge is 0.407 e. The zero-order valence-electron chi connectivity index (χ0n) is 18.8. The Kier molecular flexibility index (Phi) is 5.56. The van der Waals surface area contributed by atoms with Gasteiger partial charge in [-0.05, 0) is 46.9 Å². The number of ether oxygens (including phenoxy) is 1. The molecule has 0 aromatic heterocycles. The molecule has 2 unspecified atom stereocenters. The highest BCUT2D eigenvalue weighted by Crippen LogP contribution is 2.73. The van der Waals surface area contributed by atoms with Gasteiger partial charge in [0.1, 0.15) is 12.6 Å². The Hall–Kier alpha value is -3.39. The standard InChI is InChI=1S/C26H28N2O6/c29-12-21(22(30)31)28-23(32)26(14-25(26)10-5-11-25)15-27-24(33)34-13-20-18-8-3-1-6-16(18)17-7-2-4-9-19(17)20/h1-4,6-9,20-21,29H,5,10-15H2,(H,27,33)(H,28,32)(H,30,31). The highest BCUT2D eigenvalue weighted by atomic mass is 16.5. The summed E-state index contributed by atoms with van der Waals surface area (Å²) in [5.41, 5.74) is 3.46. The topological polar surface area (TPSA) is 125 Å². The number of benzene rings is 2. The fourth-order valence-electron chi connectivity index (χ4n) is 5.80. The molecule has 0 aliphatic heterocycles. The molecule has 34 heavy (non-hydrogen) atoms. The summed E-state index contributed by atoms with van der Waals surface area (Å²) in [5.74, 6) is -1.79. The predicted molar refractivity (Wildman–Crippen MR) is 123 cm³/mol. The van der Waals surface area contributed by atoms with Gasteiger partial charge in [0.2, 0.25) is 5.91 Å². The number of hydrogen-bond acceptors (Lipinski definition) is 5. The summed E-state index contributed by atoms with van der Waals surface area (Å²) in [6, 6.07) is 14.8. The number of amides is 2. The first-order valence-corrected chi connectivity index (χ1v) is 11.6. The van der Waals surface area contributed by atoms with Crippen molar-refractivity contribution in [3.05, 3.63) is 59.7 Å². The van der Waals surface area contributed by atoms with Gasteiger partial charge in [-0.15, -0.1) is 0 Å². The molecule has 2 aromatic rings. The summed E-state index contributed by atoms with van der Waals surface area (Å²) in [6.07, 6.45) is 2.72. The predicted octanol–water partition coefficient (Wildman–Crippen LogP) is 2.65. The van der Waals surface area contributed by atoms with Crippen molar-refractivity contribution < 1.29 is 29.3 Å². The molecular formula is C26H28N2O6. The number of hydrogen-bond donors (Lipinski definition) is 4. The first kappa shape index (κ1) is 22.4. The van der Waals surface area contributed by atoms with Gasteiger partial charge >= 0.3 is 12.1 Å². The Balaban J connectivity index is 1.23. The van der Waals surface area contributed by atoms with Crippen LogP contribution >= 0.6 is 0 Å². The quantitative estimate of drug-likeness (QED) is 0.476. The maximum absolute atomic E-state index is 13.0. The number of aliphatic carboxylic acids is 1. The Bertz CT molecular complexity index is 1100. The fourth-order valence-corrected chi connectivity index (χ4v) is 5.80. The van der Waals surface area contributed by atoms with Gasteiger partial charge in [0.05, 0.1) is 12.0 Å².